The van der Waals surface area contributed by atoms with Crippen molar-refractivity contribution in [1.82, 2.24) is 0 Å². The molecule has 0 saturated heterocycles. The van der Waals surface area contributed by atoms with Crippen molar-refractivity contribution in [2.24, 2.45) is 28.3 Å². The second-order valence-electron chi connectivity index (χ2n) is 9.35. The summed E-state index contributed by atoms with van der Waals surface area (Å²) in [5.74, 6) is 3.60. The SMILES string of the molecule is CCC1CCC[C@H]2[C@@H]3CCc4cc(OS(N)(=O)=O)c(OC)cc4[C@H]3CC[C@]12CC. The Balaban J connectivity index is 1.70. The zero-order valence-electron chi connectivity index (χ0n) is 17.9. The maximum atomic E-state index is 11.5. The topological polar surface area (TPSA) is 78.6 Å². The second kappa shape index (κ2) is 7.77. The lowest BCUT2D eigenvalue weighted by atomic mass is 9.46. The average Bonchev–Trinajstić information content (AvgIpc) is 2.70. The zero-order chi connectivity index (χ0) is 20.8. The average molecular weight is 422 g/mol. The Morgan fingerprint density at radius 2 is 1.93 bits per heavy atom. The van der Waals surface area contributed by atoms with Crippen molar-refractivity contribution in [3.63, 3.8) is 0 Å². The van der Waals surface area contributed by atoms with Gasteiger partial charge in [0.15, 0.2) is 11.5 Å². The molecule has 162 valence electrons. The van der Waals surface area contributed by atoms with E-state index in [9.17, 15) is 8.42 Å². The standard InChI is InChI=1S/C23H35NO4S/c1-4-16-7-6-8-20-18-10-9-15-13-22(28-29(24,25)26)21(27-3)14-19(15)17(18)11-12-23(16,20)5-2/h13-14,16-18,20H,4-12H2,1-3H3,(H2,24,25,26)/t16?,17-,18+,20-,23+/m0/s1. The molecule has 2 saturated carbocycles. The third-order valence-corrected chi connectivity index (χ3v) is 8.91. The molecule has 1 unspecified atom stereocenters. The molecule has 2 fully saturated rings. The van der Waals surface area contributed by atoms with E-state index in [1.54, 1.807) is 7.11 Å². The minimum absolute atomic E-state index is 0.203. The van der Waals surface area contributed by atoms with E-state index in [0.717, 1.165) is 24.2 Å². The summed E-state index contributed by atoms with van der Waals surface area (Å²) in [5, 5.41) is 5.10. The Kier molecular flexibility index (Phi) is 5.62. The highest BCUT2D eigenvalue weighted by Crippen LogP contribution is 2.63. The molecule has 6 heteroatoms. The normalized spacial score (nSPS) is 33.9. The van der Waals surface area contributed by atoms with Crippen molar-refractivity contribution in [2.45, 2.75) is 77.6 Å². The van der Waals surface area contributed by atoms with Gasteiger partial charge in [0.1, 0.15) is 0 Å². The second-order valence-corrected chi connectivity index (χ2v) is 10.5. The Morgan fingerprint density at radius 3 is 2.59 bits per heavy atom. The minimum atomic E-state index is -4.08. The van der Waals surface area contributed by atoms with Crippen molar-refractivity contribution in [1.29, 1.82) is 0 Å². The number of ether oxygens (including phenoxy) is 1. The summed E-state index contributed by atoms with van der Waals surface area (Å²) >= 11 is 0. The Hall–Kier alpha value is -1.27. The van der Waals surface area contributed by atoms with Gasteiger partial charge in [0.2, 0.25) is 0 Å². The summed E-state index contributed by atoms with van der Waals surface area (Å²) in [7, 11) is -2.53. The highest BCUT2D eigenvalue weighted by molar-refractivity contribution is 7.84. The fourth-order valence-electron chi connectivity index (χ4n) is 7.39. The Morgan fingerprint density at radius 1 is 1.14 bits per heavy atom. The number of methoxy groups -OCH3 is 1. The Labute approximate surface area is 175 Å². The number of aryl methyl sites for hydroxylation is 1. The molecule has 0 heterocycles. The van der Waals surface area contributed by atoms with Crippen molar-refractivity contribution < 1.29 is 17.3 Å². The molecule has 2 N–H and O–H groups in total. The van der Waals surface area contributed by atoms with Gasteiger partial charge in [0.25, 0.3) is 0 Å². The van der Waals surface area contributed by atoms with E-state index < -0.39 is 10.3 Å². The van der Waals surface area contributed by atoms with E-state index in [1.165, 1.54) is 62.5 Å². The van der Waals surface area contributed by atoms with Crippen LogP contribution in [0.15, 0.2) is 12.1 Å². The van der Waals surface area contributed by atoms with Gasteiger partial charge in [0, 0.05) is 0 Å². The van der Waals surface area contributed by atoms with Crippen molar-refractivity contribution in [3.05, 3.63) is 23.3 Å². The lowest BCUT2D eigenvalue weighted by Crippen LogP contribution is -2.49. The number of fused-ring (bicyclic) bond motifs is 5. The van der Waals surface area contributed by atoms with Crippen molar-refractivity contribution >= 4 is 10.3 Å². The summed E-state index contributed by atoms with van der Waals surface area (Å²) in [6, 6.07) is 3.86. The molecular formula is C23H35NO4S. The molecule has 3 aliphatic rings. The first-order valence-corrected chi connectivity index (χ1v) is 12.7. The maximum absolute atomic E-state index is 11.5. The molecule has 3 aliphatic carbocycles. The quantitative estimate of drug-likeness (QED) is 0.730. The molecule has 4 rings (SSSR count). The molecule has 1 aromatic rings. The van der Waals surface area contributed by atoms with Crippen LogP contribution in [0.25, 0.3) is 0 Å². The van der Waals surface area contributed by atoms with Crippen LogP contribution in [-0.2, 0) is 16.7 Å². The first kappa shape index (κ1) is 21.0. The van der Waals surface area contributed by atoms with Crippen molar-refractivity contribution in [3.8, 4) is 11.5 Å². The third kappa shape index (κ3) is 3.56. The van der Waals surface area contributed by atoms with Crippen LogP contribution in [0.5, 0.6) is 11.5 Å². The lowest BCUT2D eigenvalue weighted by Gasteiger charge is -2.59. The van der Waals surface area contributed by atoms with Gasteiger partial charge < -0.3 is 8.92 Å². The van der Waals surface area contributed by atoms with E-state index >= 15 is 0 Å². The molecule has 1 aromatic carbocycles. The van der Waals surface area contributed by atoms with Gasteiger partial charge in [-0.15, -0.1) is 0 Å². The molecule has 0 spiro atoms. The predicted molar refractivity (Wildman–Crippen MR) is 114 cm³/mol. The largest absolute Gasteiger partial charge is 0.493 e. The highest BCUT2D eigenvalue weighted by Gasteiger charge is 2.53. The fraction of sp³-hybridized carbons (Fsp3) is 0.739. The zero-order valence-corrected chi connectivity index (χ0v) is 18.8. The number of benzene rings is 1. The summed E-state index contributed by atoms with van der Waals surface area (Å²) in [5.41, 5.74) is 3.05. The van der Waals surface area contributed by atoms with Crippen LogP contribution < -0.4 is 14.1 Å². The van der Waals surface area contributed by atoms with Crippen LogP contribution in [0.1, 0.15) is 82.3 Å². The molecule has 0 amide bonds. The van der Waals surface area contributed by atoms with Crippen LogP contribution in [0, 0.1) is 23.2 Å². The van der Waals surface area contributed by atoms with Gasteiger partial charge in [0.05, 0.1) is 7.11 Å². The van der Waals surface area contributed by atoms with Gasteiger partial charge in [-0.2, -0.15) is 13.6 Å². The van der Waals surface area contributed by atoms with Gasteiger partial charge in [-0.1, -0.05) is 26.7 Å². The van der Waals surface area contributed by atoms with Gasteiger partial charge >= 0.3 is 10.3 Å². The molecule has 0 radical (unpaired) electrons. The van der Waals surface area contributed by atoms with E-state index in [0.29, 0.717) is 17.1 Å². The lowest BCUT2D eigenvalue weighted by molar-refractivity contribution is -0.0679. The number of hydrogen-bond acceptors (Lipinski definition) is 4. The van der Waals surface area contributed by atoms with Gasteiger partial charge in [-0.05, 0) is 97.3 Å². The molecule has 0 aliphatic heterocycles. The van der Waals surface area contributed by atoms with Gasteiger partial charge in [-0.25, -0.2) is 0 Å². The molecule has 0 bridgehead atoms. The van der Waals surface area contributed by atoms with Crippen LogP contribution in [0.2, 0.25) is 0 Å². The first-order chi connectivity index (χ1) is 13.8. The fourth-order valence-corrected chi connectivity index (χ4v) is 7.77. The predicted octanol–water partition coefficient (Wildman–Crippen LogP) is 4.94. The molecular weight excluding hydrogens is 386 g/mol. The third-order valence-electron chi connectivity index (χ3n) is 8.50. The van der Waals surface area contributed by atoms with E-state index in [-0.39, 0.29) is 5.75 Å². The summed E-state index contributed by atoms with van der Waals surface area (Å²) in [4.78, 5) is 0. The molecule has 0 aromatic heterocycles. The van der Waals surface area contributed by atoms with Crippen LogP contribution >= 0.6 is 0 Å². The number of nitrogens with two attached hydrogens (primary N) is 1. The number of hydrogen-bond donors (Lipinski definition) is 1. The van der Waals surface area contributed by atoms with Crippen molar-refractivity contribution in [2.75, 3.05) is 7.11 Å². The van der Waals surface area contributed by atoms with Crippen LogP contribution in [0.4, 0.5) is 0 Å². The van der Waals surface area contributed by atoms with Crippen LogP contribution in [-0.4, -0.2) is 15.5 Å². The van der Waals surface area contributed by atoms with E-state index in [2.05, 4.69) is 13.8 Å². The smallest absolute Gasteiger partial charge is 0.380 e. The van der Waals surface area contributed by atoms with Gasteiger partial charge in [-0.3, -0.25) is 0 Å². The summed E-state index contributed by atoms with van der Waals surface area (Å²) in [6.07, 6.45) is 11.4. The first-order valence-electron chi connectivity index (χ1n) is 11.3. The molecule has 5 atom stereocenters. The van der Waals surface area contributed by atoms with Crippen LogP contribution in [0.3, 0.4) is 0 Å². The summed E-state index contributed by atoms with van der Waals surface area (Å²) < 4.78 is 33.4. The molecule has 29 heavy (non-hydrogen) atoms. The monoisotopic (exact) mass is 421 g/mol. The molecule has 5 nitrogen and oxygen atoms in total. The Bertz CT molecular complexity index is 868. The highest BCUT2D eigenvalue weighted by atomic mass is 32.2. The number of rotatable bonds is 5. The minimum Gasteiger partial charge on any atom is -0.493 e. The van der Waals surface area contributed by atoms with E-state index in [1.807, 2.05) is 12.1 Å². The summed E-state index contributed by atoms with van der Waals surface area (Å²) in [6.45, 7) is 4.79. The van der Waals surface area contributed by atoms with E-state index in [4.69, 9.17) is 14.1 Å². The maximum Gasteiger partial charge on any atom is 0.380 e.